The number of aliphatic carboxylic acids is 1. The molecule has 1 saturated carbocycles. The Bertz CT molecular complexity index is 484. The number of carboxylic acid groups (broad SMARTS) is 1. The van der Waals surface area contributed by atoms with Crippen LogP contribution in [0.15, 0.2) is 6.08 Å². The van der Waals surface area contributed by atoms with E-state index in [9.17, 15) is 4.79 Å². The molecule has 3 rings (SSSR count). The third kappa shape index (κ3) is 2.47. The predicted molar refractivity (Wildman–Crippen MR) is 68.7 cm³/mol. The lowest BCUT2D eigenvalue weighted by Crippen LogP contribution is -1.95. The van der Waals surface area contributed by atoms with Gasteiger partial charge in [-0.2, -0.15) is 0 Å². The Morgan fingerprint density at radius 1 is 1.44 bits per heavy atom. The first-order valence-corrected chi connectivity index (χ1v) is 7.09. The van der Waals surface area contributed by atoms with Crippen molar-refractivity contribution in [1.29, 1.82) is 0 Å². The zero-order chi connectivity index (χ0) is 12.5. The Hall–Kier alpha value is -1.20. The largest absolute Gasteiger partial charge is 0.478 e. The van der Waals surface area contributed by atoms with Gasteiger partial charge < -0.3 is 9.84 Å². The van der Waals surface area contributed by atoms with Gasteiger partial charge in [0.25, 0.3) is 0 Å². The predicted octanol–water partition coefficient (Wildman–Crippen LogP) is 2.97. The van der Waals surface area contributed by atoms with E-state index in [4.69, 9.17) is 9.84 Å². The highest BCUT2D eigenvalue weighted by Crippen LogP contribution is 2.45. The molecule has 1 atom stereocenters. The van der Waals surface area contributed by atoms with E-state index in [1.54, 1.807) is 17.4 Å². The van der Waals surface area contributed by atoms with Gasteiger partial charge in [-0.05, 0) is 31.8 Å². The minimum Gasteiger partial charge on any atom is -0.478 e. The molecule has 96 valence electrons. The fourth-order valence-corrected chi connectivity index (χ4v) is 3.33. The maximum Gasteiger partial charge on any atom is 0.328 e. The summed E-state index contributed by atoms with van der Waals surface area (Å²) in [5.41, 5.74) is 1.07. The monoisotopic (exact) mass is 265 g/mol. The Labute approximate surface area is 109 Å². The average molecular weight is 265 g/mol. The van der Waals surface area contributed by atoms with Crippen LogP contribution < -0.4 is 0 Å². The Morgan fingerprint density at radius 3 is 2.89 bits per heavy atom. The van der Waals surface area contributed by atoms with Crippen molar-refractivity contribution in [3.63, 3.8) is 0 Å². The number of aromatic nitrogens is 1. The number of thiazole rings is 1. The summed E-state index contributed by atoms with van der Waals surface area (Å²) in [5, 5.41) is 9.72. The van der Waals surface area contributed by atoms with Gasteiger partial charge in [0.1, 0.15) is 11.1 Å². The number of rotatable bonds is 4. The van der Waals surface area contributed by atoms with Crippen LogP contribution in [0.5, 0.6) is 0 Å². The van der Waals surface area contributed by atoms with Gasteiger partial charge in [0.2, 0.25) is 0 Å². The summed E-state index contributed by atoms with van der Waals surface area (Å²) in [6.45, 7) is 0.809. The minimum absolute atomic E-state index is 0.125. The Kier molecular flexibility index (Phi) is 3.18. The van der Waals surface area contributed by atoms with E-state index in [2.05, 4.69) is 4.98 Å². The van der Waals surface area contributed by atoms with Crippen molar-refractivity contribution in [2.45, 2.75) is 37.7 Å². The SMILES string of the molecule is O=C(O)/C=C/c1sc(C2CCCO2)nc1C1CC1. The van der Waals surface area contributed by atoms with Crippen molar-refractivity contribution in [2.75, 3.05) is 6.61 Å². The summed E-state index contributed by atoms with van der Waals surface area (Å²) < 4.78 is 5.64. The molecule has 1 saturated heterocycles. The van der Waals surface area contributed by atoms with Crippen molar-refractivity contribution in [3.05, 3.63) is 21.7 Å². The molecule has 4 nitrogen and oxygen atoms in total. The fraction of sp³-hybridized carbons (Fsp3) is 0.538. The summed E-state index contributed by atoms with van der Waals surface area (Å²) in [7, 11) is 0. The molecule has 2 heterocycles. The molecule has 0 aromatic carbocycles. The smallest absolute Gasteiger partial charge is 0.328 e. The molecule has 18 heavy (non-hydrogen) atoms. The third-order valence-corrected chi connectivity index (χ3v) is 4.37. The molecular weight excluding hydrogens is 250 g/mol. The number of ether oxygens (including phenoxy) is 1. The maximum atomic E-state index is 10.6. The summed E-state index contributed by atoms with van der Waals surface area (Å²) in [6.07, 6.45) is 7.44. The van der Waals surface area contributed by atoms with Crippen molar-refractivity contribution in [1.82, 2.24) is 4.98 Å². The first-order valence-electron chi connectivity index (χ1n) is 6.27. The standard InChI is InChI=1S/C13H15NO3S/c15-11(16)6-5-10-12(8-3-4-8)14-13(18-10)9-2-1-7-17-9/h5-6,8-9H,1-4,7H2,(H,15,16)/b6-5+. The van der Waals surface area contributed by atoms with Gasteiger partial charge in [-0.15, -0.1) is 11.3 Å². The topological polar surface area (TPSA) is 59.4 Å². The quantitative estimate of drug-likeness (QED) is 0.850. The van der Waals surface area contributed by atoms with Crippen LogP contribution in [0.25, 0.3) is 6.08 Å². The van der Waals surface area contributed by atoms with E-state index in [1.165, 1.54) is 18.9 Å². The highest BCUT2D eigenvalue weighted by Gasteiger charge is 2.31. The normalized spacial score (nSPS) is 23.9. The molecule has 0 radical (unpaired) electrons. The second-order valence-corrected chi connectivity index (χ2v) is 5.81. The van der Waals surface area contributed by atoms with Crippen molar-refractivity contribution in [2.24, 2.45) is 0 Å². The van der Waals surface area contributed by atoms with Crippen LogP contribution in [0.2, 0.25) is 0 Å². The number of carboxylic acids is 1. The summed E-state index contributed by atoms with van der Waals surface area (Å²) in [6, 6.07) is 0. The van der Waals surface area contributed by atoms with Crippen LogP contribution in [0.1, 0.15) is 53.3 Å². The second kappa shape index (κ2) is 4.82. The second-order valence-electron chi connectivity index (χ2n) is 4.75. The number of hydrogen-bond acceptors (Lipinski definition) is 4. The van der Waals surface area contributed by atoms with Gasteiger partial charge in [0.05, 0.1) is 10.6 Å². The fourth-order valence-electron chi connectivity index (χ4n) is 2.19. The van der Waals surface area contributed by atoms with Crippen LogP contribution in [-0.2, 0) is 9.53 Å². The van der Waals surface area contributed by atoms with Gasteiger partial charge in [0, 0.05) is 18.6 Å². The first-order chi connectivity index (χ1) is 8.74. The zero-order valence-electron chi connectivity index (χ0n) is 9.96. The van der Waals surface area contributed by atoms with Crippen LogP contribution in [0, 0.1) is 0 Å². The summed E-state index contributed by atoms with van der Waals surface area (Å²) in [5.74, 6) is -0.381. The molecule has 2 aliphatic rings. The molecule has 1 aromatic heterocycles. The lowest BCUT2D eigenvalue weighted by atomic mass is 10.2. The Morgan fingerprint density at radius 2 is 2.28 bits per heavy atom. The molecule has 0 spiro atoms. The third-order valence-electron chi connectivity index (χ3n) is 3.24. The number of nitrogens with zero attached hydrogens (tertiary/aromatic N) is 1. The zero-order valence-corrected chi connectivity index (χ0v) is 10.8. The molecule has 1 aliphatic carbocycles. The number of carbonyl (C=O) groups is 1. The van der Waals surface area contributed by atoms with E-state index in [0.29, 0.717) is 5.92 Å². The molecule has 1 aromatic rings. The highest BCUT2D eigenvalue weighted by molar-refractivity contribution is 7.12. The van der Waals surface area contributed by atoms with Crippen LogP contribution in [0.3, 0.4) is 0 Å². The van der Waals surface area contributed by atoms with E-state index >= 15 is 0 Å². The summed E-state index contributed by atoms with van der Waals surface area (Å²) >= 11 is 1.58. The maximum absolute atomic E-state index is 10.6. The molecule has 5 heteroatoms. The summed E-state index contributed by atoms with van der Waals surface area (Å²) in [4.78, 5) is 16.3. The van der Waals surface area contributed by atoms with E-state index in [0.717, 1.165) is 35.0 Å². The molecule has 2 fully saturated rings. The van der Waals surface area contributed by atoms with Gasteiger partial charge in [-0.25, -0.2) is 9.78 Å². The van der Waals surface area contributed by atoms with Crippen LogP contribution >= 0.6 is 11.3 Å². The Balaban J connectivity index is 1.88. The number of hydrogen-bond donors (Lipinski definition) is 1. The van der Waals surface area contributed by atoms with E-state index in [-0.39, 0.29) is 6.10 Å². The van der Waals surface area contributed by atoms with E-state index < -0.39 is 5.97 Å². The minimum atomic E-state index is -0.913. The molecule has 1 N–H and O–H groups in total. The first kappa shape index (κ1) is 11.9. The van der Waals surface area contributed by atoms with Gasteiger partial charge >= 0.3 is 5.97 Å². The van der Waals surface area contributed by atoms with Crippen molar-refractivity contribution in [3.8, 4) is 0 Å². The van der Waals surface area contributed by atoms with Crippen LogP contribution in [0.4, 0.5) is 0 Å². The highest BCUT2D eigenvalue weighted by atomic mass is 32.1. The molecule has 0 amide bonds. The van der Waals surface area contributed by atoms with Crippen molar-refractivity contribution >= 4 is 23.4 Å². The lowest BCUT2D eigenvalue weighted by molar-refractivity contribution is -0.131. The van der Waals surface area contributed by atoms with Gasteiger partial charge in [0.15, 0.2) is 0 Å². The van der Waals surface area contributed by atoms with Gasteiger partial charge in [-0.3, -0.25) is 0 Å². The molecule has 1 unspecified atom stereocenters. The molecule has 0 bridgehead atoms. The molecule has 1 aliphatic heterocycles. The van der Waals surface area contributed by atoms with Crippen molar-refractivity contribution < 1.29 is 14.6 Å². The van der Waals surface area contributed by atoms with Crippen LogP contribution in [-0.4, -0.2) is 22.7 Å². The average Bonchev–Trinajstić information content (AvgIpc) is 2.91. The molecular formula is C13H15NO3S. The lowest BCUT2D eigenvalue weighted by Gasteiger charge is -2.03. The van der Waals surface area contributed by atoms with E-state index in [1.807, 2.05) is 0 Å². The van der Waals surface area contributed by atoms with Gasteiger partial charge in [-0.1, -0.05) is 0 Å².